The molecule has 196 valence electrons. The van der Waals surface area contributed by atoms with Crippen molar-refractivity contribution in [2.24, 2.45) is 29.6 Å². The highest BCUT2D eigenvalue weighted by Crippen LogP contribution is 2.68. The Morgan fingerprint density at radius 2 is 1.89 bits per heavy atom. The van der Waals surface area contributed by atoms with Gasteiger partial charge in [-0.15, -0.1) is 11.8 Å². The second-order valence-electron chi connectivity index (χ2n) is 10.4. The number of rotatable bonds is 8. The number of hydrogen-bond acceptors (Lipinski definition) is 8. The molecule has 2 aromatic rings. The first-order chi connectivity index (χ1) is 17.8. The van der Waals surface area contributed by atoms with E-state index in [0.717, 1.165) is 21.9 Å². The summed E-state index contributed by atoms with van der Waals surface area (Å²) in [5, 5.41) is 19.9. The van der Waals surface area contributed by atoms with Gasteiger partial charge in [-0.05, 0) is 54.7 Å². The van der Waals surface area contributed by atoms with E-state index in [-0.39, 0.29) is 69.6 Å². The molecule has 0 radical (unpaired) electrons. The first-order valence-electron chi connectivity index (χ1n) is 12.6. The van der Waals surface area contributed by atoms with Crippen LogP contribution in [0.5, 0.6) is 11.5 Å². The maximum Gasteiger partial charge on any atom is 0.305 e. The van der Waals surface area contributed by atoms with Gasteiger partial charge in [0.05, 0.1) is 24.0 Å². The van der Waals surface area contributed by atoms with Gasteiger partial charge in [-0.3, -0.25) is 24.1 Å². The van der Waals surface area contributed by atoms with E-state index in [9.17, 15) is 24.3 Å². The van der Waals surface area contributed by atoms with Crippen LogP contribution in [-0.2, 0) is 14.4 Å². The zero-order chi connectivity index (χ0) is 26.0. The van der Waals surface area contributed by atoms with Gasteiger partial charge in [0.2, 0.25) is 11.8 Å². The van der Waals surface area contributed by atoms with E-state index in [0.29, 0.717) is 31.6 Å². The van der Waals surface area contributed by atoms with Gasteiger partial charge >= 0.3 is 10.8 Å². The first-order valence-corrected chi connectivity index (χ1v) is 14.3. The van der Waals surface area contributed by atoms with Crippen LogP contribution in [0.4, 0.5) is 0 Å². The fourth-order valence-electron chi connectivity index (χ4n) is 7.28. The van der Waals surface area contributed by atoms with Gasteiger partial charge in [0.15, 0.2) is 11.5 Å². The summed E-state index contributed by atoms with van der Waals surface area (Å²) in [6, 6.07) is 5.28. The summed E-state index contributed by atoms with van der Waals surface area (Å²) in [5.74, 6) is -1.28. The van der Waals surface area contributed by atoms with Gasteiger partial charge in [-0.1, -0.05) is 23.8 Å². The first kappa shape index (κ1) is 24.5. The molecule has 2 amide bonds. The summed E-state index contributed by atoms with van der Waals surface area (Å²) in [7, 11) is 1.50. The van der Waals surface area contributed by atoms with Gasteiger partial charge < -0.3 is 19.9 Å². The van der Waals surface area contributed by atoms with Gasteiger partial charge in [0, 0.05) is 29.0 Å². The molecule has 3 heterocycles. The fourth-order valence-corrected chi connectivity index (χ4v) is 10.2. The number of hydrogen-bond donors (Lipinski definition) is 3. The van der Waals surface area contributed by atoms with E-state index in [4.69, 9.17) is 9.84 Å². The van der Waals surface area contributed by atoms with Gasteiger partial charge in [0.25, 0.3) is 0 Å². The minimum atomic E-state index is -0.838. The van der Waals surface area contributed by atoms with Crippen LogP contribution < -0.4 is 9.61 Å². The Labute approximate surface area is 221 Å². The highest BCUT2D eigenvalue weighted by Gasteiger charge is 2.69. The number of ether oxygens (including phenoxy) is 1. The Bertz CT molecular complexity index is 1340. The van der Waals surface area contributed by atoms with Crippen molar-refractivity contribution in [3.8, 4) is 11.5 Å². The maximum absolute atomic E-state index is 13.6. The van der Waals surface area contributed by atoms with Crippen LogP contribution in [0.1, 0.15) is 48.5 Å². The Morgan fingerprint density at radius 1 is 1.14 bits per heavy atom. The number of unbranched alkanes of at least 4 members (excludes halogenated alkanes) is 2. The van der Waals surface area contributed by atoms with Crippen molar-refractivity contribution in [1.82, 2.24) is 9.88 Å². The van der Waals surface area contributed by atoms with Gasteiger partial charge in [-0.25, -0.2) is 0 Å². The number of fused-ring (bicyclic) bond motifs is 9. The van der Waals surface area contributed by atoms with E-state index in [1.807, 2.05) is 12.1 Å². The minimum absolute atomic E-state index is 0.0242. The lowest BCUT2D eigenvalue weighted by Gasteiger charge is -2.43. The molecule has 4 aliphatic rings. The summed E-state index contributed by atoms with van der Waals surface area (Å²) in [4.78, 5) is 55.4. The quantitative estimate of drug-likeness (QED) is 0.340. The highest BCUT2D eigenvalue weighted by atomic mass is 32.2. The van der Waals surface area contributed by atoms with Crippen LogP contribution >= 0.6 is 23.1 Å². The number of imide groups is 1. The smallest absolute Gasteiger partial charge is 0.305 e. The summed E-state index contributed by atoms with van der Waals surface area (Å²) < 4.78 is 5.37. The van der Waals surface area contributed by atoms with Crippen molar-refractivity contribution in [2.45, 2.75) is 48.3 Å². The van der Waals surface area contributed by atoms with Crippen LogP contribution in [0.15, 0.2) is 28.0 Å². The number of carboxylic acid groups (broad SMARTS) is 1. The topological polar surface area (TPSA) is 137 Å². The lowest BCUT2D eigenvalue weighted by atomic mass is 9.68. The third-order valence-electron chi connectivity index (χ3n) is 8.65. The van der Waals surface area contributed by atoms with Crippen molar-refractivity contribution in [3.63, 3.8) is 0 Å². The number of thioether (sulfide) groups is 1. The van der Waals surface area contributed by atoms with E-state index >= 15 is 0 Å². The molecule has 0 unspecified atom stereocenters. The number of nitrogens with zero attached hydrogens (tertiary/aromatic N) is 1. The average molecular weight is 545 g/mol. The molecule has 3 fully saturated rings. The molecule has 6 rings (SSSR count). The van der Waals surface area contributed by atoms with Crippen molar-refractivity contribution in [1.29, 1.82) is 0 Å². The number of phenolic OH excluding ortho intramolecular Hbond substituents is 1. The van der Waals surface area contributed by atoms with Crippen molar-refractivity contribution in [2.75, 3.05) is 13.7 Å². The summed E-state index contributed by atoms with van der Waals surface area (Å²) in [6.45, 7) is 0.339. The van der Waals surface area contributed by atoms with Crippen molar-refractivity contribution >= 4 is 40.9 Å². The largest absolute Gasteiger partial charge is 0.504 e. The Balaban J connectivity index is 1.31. The van der Waals surface area contributed by atoms with E-state index in [1.165, 1.54) is 23.3 Å². The second kappa shape index (κ2) is 9.20. The molecular formula is C26H28N2O7S2. The number of thiazole rings is 1. The number of methoxy groups -OCH3 is 1. The predicted molar refractivity (Wildman–Crippen MR) is 136 cm³/mol. The highest BCUT2D eigenvalue weighted by molar-refractivity contribution is 8.00. The number of aromatic hydroxyl groups is 1. The number of aliphatic carboxylic acids is 1. The molecule has 1 aromatic carbocycles. The summed E-state index contributed by atoms with van der Waals surface area (Å²) >= 11 is 2.83. The average Bonchev–Trinajstić information content (AvgIpc) is 3.59. The maximum atomic E-state index is 13.6. The zero-order valence-corrected chi connectivity index (χ0v) is 21.8. The van der Waals surface area contributed by atoms with Crippen molar-refractivity contribution in [3.05, 3.63) is 38.3 Å². The van der Waals surface area contributed by atoms with Crippen LogP contribution in [0.2, 0.25) is 0 Å². The third-order valence-corrected chi connectivity index (χ3v) is 11.2. The number of amides is 2. The molecule has 3 N–H and O–H groups in total. The van der Waals surface area contributed by atoms with E-state index in [2.05, 4.69) is 4.98 Å². The van der Waals surface area contributed by atoms with Crippen LogP contribution in [-0.4, -0.2) is 56.8 Å². The fraction of sp³-hybridized carbons (Fsp3) is 0.538. The number of H-pyrrole nitrogens is 1. The molecule has 2 aliphatic carbocycles. The SMILES string of the molecule is COc1cc([C@H]2c3sc(=O)[nH]c3S[C@@H]3[C@@H]4C[C@H]([C@H]5C(=O)N(CCCCCC(=O)O)C(=O)[C@H]45)[C@H]23)ccc1O. The number of carbonyl (C=O) groups is 3. The van der Waals surface area contributed by atoms with Gasteiger partial charge in [0.1, 0.15) is 0 Å². The molecule has 1 aromatic heterocycles. The lowest BCUT2D eigenvalue weighted by Crippen LogP contribution is -2.42. The lowest BCUT2D eigenvalue weighted by molar-refractivity contribution is -0.141. The number of aromatic nitrogens is 1. The van der Waals surface area contributed by atoms with Gasteiger partial charge in [-0.2, -0.15) is 0 Å². The molecule has 11 heteroatoms. The number of phenols is 1. The Hall–Kier alpha value is -2.79. The standard InChI is InChI=1S/C26H28N2O7S2/c1-35-15-9-11(6-7-14(15)29)17-18-12-10-13(21(18)36-23-22(17)37-26(34)27-23)20-19(12)24(32)28(25(20)33)8-4-2-3-5-16(30)31/h6-7,9,12-13,17-21,29H,2-5,8,10H2,1H3,(H,27,34)(H,30,31)/t12-,13+,17+,18+,19+,20+,21+/m0/s1. The molecule has 2 saturated carbocycles. The molecule has 2 aliphatic heterocycles. The van der Waals surface area contributed by atoms with Crippen LogP contribution in [0.3, 0.4) is 0 Å². The molecule has 0 spiro atoms. The van der Waals surface area contributed by atoms with E-state index < -0.39 is 5.97 Å². The second-order valence-corrected chi connectivity index (χ2v) is 12.6. The number of benzene rings is 1. The molecule has 2 bridgehead atoms. The molecule has 7 atom stereocenters. The van der Waals surface area contributed by atoms with Crippen molar-refractivity contribution < 1.29 is 29.3 Å². The number of carbonyl (C=O) groups excluding carboxylic acids is 2. The molecule has 37 heavy (non-hydrogen) atoms. The molecule has 9 nitrogen and oxygen atoms in total. The zero-order valence-electron chi connectivity index (χ0n) is 20.2. The number of likely N-dealkylation sites (tertiary alicyclic amines) is 1. The molecular weight excluding hydrogens is 516 g/mol. The Kier molecular flexibility index (Phi) is 6.10. The third kappa shape index (κ3) is 3.80. The normalized spacial score (nSPS) is 31.4. The van der Waals surface area contributed by atoms with Crippen LogP contribution in [0.25, 0.3) is 0 Å². The number of aromatic amines is 1. The minimum Gasteiger partial charge on any atom is -0.504 e. The van der Waals surface area contributed by atoms with Crippen LogP contribution in [0, 0.1) is 29.6 Å². The summed E-state index contributed by atoms with van der Waals surface area (Å²) in [6.07, 6.45) is 2.70. The molecule has 1 saturated heterocycles. The number of nitrogens with one attached hydrogen (secondary N) is 1. The number of carboxylic acids is 1. The Morgan fingerprint density at radius 3 is 2.62 bits per heavy atom. The monoisotopic (exact) mass is 544 g/mol. The predicted octanol–water partition coefficient (Wildman–Crippen LogP) is 3.27. The van der Waals surface area contributed by atoms with E-state index in [1.54, 1.807) is 17.8 Å². The summed E-state index contributed by atoms with van der Waals surface area (Å²) in [5.41, 5.74) is 0.928.